The molecular weight excluding hydrogens is 444 g/mol. The molecule has 5 aliphatic heterocycles. The minimum Gasteiger partial charge on any atom is -0.489 e. The minimum absolute atomic E-state index is 0.00831. The predicted octanol–water partition coefficient (Wildman–Crippen LogP) is 1.68. The van der Waals surface area contributed by atoms with E-state index in [1.54, 1.807) is 0 Å². The van der Waals surface area contributed by atoms with E-state index in [2.05, 4.69) is 36.1 Å². The van der Waals surface area contributed by atoms with Gasteiger partial charge in [0.15, 0.2) is 0 Å². The van der Waals surface area contributed by atoms with E-state index >= 15 is 0 Å². The number of nitrogens with one attached hydrogen (secondary N) is 1. The van der Waals surface area contributed by atoms with Crippen LogP contribution in [0.4, 0.5) is 11.6 Å². The number of hydrogen-bond acceptors (Lipinski definition) is 8. The lowest BCUT2D eigenvalue weighted by atomic mass is 9.85. The smallest absolute Gasteiger partial charge is 0.252 e. The average Bonchev–Trinajstić information content (AvgIpc) is 3.46. The Labute approximate surface area is 205 Å². The maximum absolute atomic E-state index is 12.0. The summed E-state index contributed by atoms with van der Waals surface area (Å²) in [4.78, 5) is 28.2. The molecular formula is C26H32N6O3. The first-order valence-corrected chi connectivity index (χ1v) is 12.9. The van der Waals surface area contributed by atoms with Crippen molar-refractivity contribution >= 4 is 17.5 Å². The molecule has 3 saturated heterocycles. The summed E-state index contributed by atoms with van der Waals surface area (Å²) in [6, 6.07) is 6.31. The molecule has 6 heterocycles. The van der Waals surface area contributed by atoms with Crippen LogP contribution in [0.25, 0.3) is 0 Å². The van der Waals surface area contributed by atoms with Gasteiger partial charge in [-0.15, -0.1) is 0 Å². The largest absolute Gasteiger partial charge is 0.489 e. The number of nitrogens with zero attached hydrogens (tertiary/aromatic N) is 5. The lowest BCUT2D eigenvalue weighted by Gasteiger charge is -2.46. The Bertz CT molecular complexity index is 1120. The highest BCUT2D eigenvalue weighted by Gasteiger charge is 2.44. The van der Waals surface area contributed by atoms with Gasteiger partial charge < -0.3 is 24.6 Å². The molecule has 2 unspecified atom stereocenters. The van der Waals surface area contributed by atoms with Crippen LogP contribution >= 0.6 is 0 Å². The van der Waals surface area contributed by atoms with Crippen molar-refractivity contribution in [3.05, 3.63) is 41.7 Å². The zero-order valence-electron chi connectivity index (χ0n) is 20.0. The van der Waals surface area contributed by atoms with Gasteiger partial charge in [0, 0.05) is 63.8 Å². The van der Waals surface area contributed by atoms with Crippen LogP contribution in [0.15, 0.2) is 30.6 Å². The number of fused-ring (bicyclic) bond motifs is 4. The van der Waals surface area contributed by atoms with Gasteiger partial charge in [0.2, 0.25) is 5.95 Å². The van der Waals surface area contributed by atoms with Crippen molar-refractivity contribution in [1.29, 1.82) is 0 Å². The molecule has 35 heavy (non-hydrogen) atoms. The fourth-order valence-electron chi connectivity index (χ4n) is 6.65. The van der Waals surface area contributed by atoms with Crippen molar-refractivity contribution in [3.8, 4) is 5.75 Å². The lowest BCUT2D eigenvalue weighted by Crippen LogP contribution is -2.58. The number of piperazine rings is 1. The molecule has 1 amide bonds. The first-order valence-electron chi connectivity index (χ1n) is 12.9. The number of rotatable bonds is 3. The van der Waals surface area contributed by atoms with E-state index in [0.717, 1.165) is 93.7 Å². The number of carbonyl (C=O) groups excluding carboxylic acids is 1. The first kappa shape index (κ1) is 21.4. The van der Waals surface area contributed by atoms with Crippen LogP contribution < -0.4 is 19.9 Å². The predicted molar refractivity (Wildman–Crippen MR) is 131 cm³/mol. The number of benzene rings is 1. The van der Waals surface area contributed by atoms with Gasteiger partial charge in [-0.3, -0.25) is 9.69 Å². The fourth-order valence-corrected chi connectivity index (χ4v) is 6.65. The topological polar surface area (TPSA) is 83.1 Å². The summed E-state index contributed by atoms with van der Waals surface area (Å²) in [5.74, 6) is 2.27. The molecule has 9 nitrogen and oxygen atoms in total. The number of amides is 1. The van der Waals surface area contributed by atoms with E-state index in [1.807, 2.05) is 24.5 Å². The van der Waals surface area contributed by atoms with Gasteiger partial charge >= 0.3 is 0 Å². The fraction of sp³-hybridized carbons (Fsp3) is 0.577. The summed E-state index contributed by atoms with van der Waals surface area (Å²) in [5, 5.41) is 2.92. The highest BCUT2D eigenvalue weighted by Crippen LogP contribution is 2.41. The molecule has 3 fully saturated rings. The summed E-state index contributed by atoms with van der Waals surface area (Å²) < 4.78 is 12.6. The monoisotopic (exact) mass is 476 g/mol. The van der Waals surface area contributed by atoms with Crippen molar-refractivity contribution < 1.29 is 14.3 Å². The van der Waals surface area contributed by atoms with E-state index in [9.17, 15) is 4.79 Å². The maximum atomic E-state index is 12.0. The van der Waals surface area contributed by atoms with Gasteiger partial charge in [-0.1, -0.05) is 0 Å². The summed E-state index contributed by atoms with van der Waals surface area (Å²) in [6.07, 6.45) is 6.87. The summed E-state index contributed by atoms with van der Waals surface area (Å²) in [5.41, 5.74) is 3.02. The standard InChI is InChI=1S/C26H32N6O3/c33-24-21-11-23-22(10-19(21)13-29-24)32-9-8-30(15-20(32)17-34-23)14-18-12-26(35-16-18)2-6-31(7-3-26)25-27-4-1-5-28-25/h1,4-5,10-11,18,20H,2-3,6-9,12-17H2,(H,29,33). The van der Waals surface area contributed by atoms with Crippen molar-refractivity contribution in [2.75, 3.05) is 62.3 Å². The Balaban J connectivity index is 0.956. The van der Waals surface area contributed by atoms with E-state index in [1.165, 1.54) is 0 Å². The summed E-state index contributed by atoms with van der Waals surface area (Å²) in [7, 11) is 0. The van der Waals surface area contributed by atoms with Crippen molar-refractivity contribution in [3.63, 3.8) is 0 Å². The molecule has 1 spiro atoms. The molecule has 1 aromatic carbocycles. The second-order valence-corrected chi connectivity index (χ2v) is 10.7. The third-order valence-electron chi connectivity index (χ3n) is 8.49. The molecule has 0 bridgehead atoms. The molecule has 1 N–H and O–H groups in total. The second-order valence-electron chi connectivity index (χ2n) is 10.7. The number of hydrogen-bond donors (Lipinski definition) is 1. The van der Waals surface area contributed by atoms with Crippen LogP contribution in [0.1, 0.15) is 35.2 Å². The van der Waals surface area contributed by atoms with Crippen molar-refractivity contribution in [2.24, 2.45) is 5.92 Å². The Kier molecular flexibility index (Phi) is 5.10. The Hall–Kier alpha value is -2.91. The SMILES string of the molecule is O=C1NCc2cc3c(cc21)OCC1CN(CC2COC4(CCN(c5ncccn5)CC4)C2)CCN31. The molecule has 0 aliphatic carbocycles. The van der Waals surface area contributed by atoms with Crippen molar-refractivity contribution in [2.45, 2.75) is 37.5 Å². The first-order chi connectivity index (χ1) is 17.2. The van der Waals surface area contributed by atoms with Gasteiger partial charge in [0.05, 0.1) is 23.9 Å². The molecule has 2 atom stereocenters. The normalized spacial score (nSPS) is 27.3. The number of anilines is 2. The highest BCUT2D eigenvalue weighted by molar-refractivity contribution is 5.99. The zero-order chi connectivity index (χ0) is 23.4. The molecule has 1 aromatic heterocycles. The second kappa shape index (κ2) is 8.34. The van der Waals surface area contributed by atoms with E-state index in [-0.39, 0.29) is 11.5 Å². The van der Waals surface area contributed by atoms with Crippen LogP contribution in [0, 0.1) is 5.92 Å². The molecule has 7 rings (SSSR count). The van der Waals surface area contributed by atoms with E-state index < -0.39 is 0 Å². The summed E-state index contributed by atoms with van der Waals surface area (Å²) in [6.45, 7) is 8.21. The highest BCUT2D eigenvalue weighted by atomic mass is 16.5. The molecule has 5 aliphatic rings. The van der Waals surface area contributed by atoms with Gasteiger partial charge in [0.1, 0.15) is 12.4 Å². The van der Waals surface area contributed by atoms with Crippen LogP contribution in [0.2, 0.25) is 0 Å². The van der Waals surface area contributed by atoms with Crippen molar-refractivity contribution in [1.82, 2.24) is 20.2 Å². The zero-order valence-corrected chi connectivity index (χ0v) is 20.0. The van der Waals surface area contributed by atoms with Gasteiger partial charge in [-0.25, -0.2) is 9.97 Å². The molecule has 9 heteroatoms. The third-order valence-corrected chi connectivity index (χ3v) is 8.49. The average molecular weight is 477 g/mol. The van der Waals surface area contributed by atoms with Crippen LogP contribution in [-0.4, -0.2) is 84.9 Å². The minimum atomic E-state index is 0.00831. The van der Waals surface area contributed by atoms with Gasteiger partial charge in [0.25, 0.3) is 5.91 Å². The van der Waals surface area contributed by atoms with Crippen LogP contribution in [0.5, 0.6) is 5.75 Å². The Morgan fingerprint density at radius 3 is 2.80 bits per heavy atom. The molecule has 2 aromatic rings. The summed E-state index contributed by atoms with van der Waals surface area (Å²) >= 11 is 0. The van der Waals surface area contributed by atoms with E-state index in [4.69, 9.17) is 9.47 Å². The quantitative estimate of drug-likeness (QED) is 0.717. The molecule has 0 radical (unpaired) electrons. The van der Waals surface area contributed by atoms with Crippen LogP contribution in [0.3, 0.4) is 0 Å². The van der Waals surface area contributed by atoms with E-state index in [0.29, 0.717) is 25.1 Å². The number of aromatic nitrogens is 2. The third kappa shape index (κ3) is 3.81. The van der Waals surface area contributed by atoms with Crippen LogP contribution in [-0.2, 0) is 11.3 Å². The van der Waals surface area contributed by atoms with Gasteiger partial charge in [-0.2, -0.15) is 0 Å². The maximum Gasteiger partial charge on any atom is 0.252 e. The molecule has 184 valence electrons. The number of carbonyl (C=O) groups is 1. The van der Waals surface area contributed by atoms with Gasteiger partial charge in [-0.05, 0) is 48.9 Å². The Morgan fingerprint density at radius 1 is 1.09 bits per heavy atom. The number of piperidine rings is 1. The molecule has 0 saturated carbocycles. The number of ether oxygens (including phenoxy) is 2. The Morgan fingerprint density at radius 2 is 1.94 bits per heavy atom. The lowest BCUT2D eigenvalue weighted by molar-refractivity contribution is -0.0157.